The molecule has 0 aromatic carbocycles. The molecule has 1 fully saturated rings. The molecule has 1 saturated heterocycles. The largest absolute Gasteiger partial charge is 0.317 e. The van der Waals surface area contributed by atoms with Gasteiger partial charge in [0, 0.05) is 11.9 Å². The van der Waals surface area contributed by atoms with E-state index in [1.165, 1.54) is 5.56 Å². The number of nitriles is 1. The second kappa shape index (κ2) is 6.00. The molecular formula is C13H18ClN3. The smallest absolute Gasteiger partial charge is 0.0694 e. The van der Waals surface area contributed by atoms with Crippen molar-refractivity contribution in [1.82, 2.24) is 10.3 Å². The molecule has 0 atom stereocenters. The lowest BCUT2D eigenvalue weighted by Gasteiger charge is -2.31. The zero-order chi connectivity index (χ0) is 11.4. The third-order valence-corrected chi connectivity index (χ3v) is 3.31. The lowest BCUT2D eigenvalue weighted by Crippen LogP contribution is -2.37. The van der Waals surface area contributed by atoms with Gasteiger partial charge in [0.15, 0.2) is 0 Å². The van der Waals surface area contributed by atoms with Gasteiger partial charge in [0.25, 0.3) is 0 Å². The second-order valence-corrected chi connectivity index (χ2v) is 4.63. The molecule has 1 aromatic rings. The van der Waals surface area contributed by atoms with Crippen LogP contribution < -0.4 is 5.32 Å². The standard InChI is InChI=1S/C13H17N3.ClH/c1-11-2-3-12(9-16-11)8-13(10-14)4-6-15-7-5-13;/h2-3,9,15H,4-8H2,1H3;1H. The molecule has 3 nitrogen and oxygen atoms in total. The summed E-state index contributed by atoms with van der Waals surface area (Å²) in [5.41, 5.74) is 2.02. The van der Waals surface area contributed by atoms with E-state index in [2.05, 4.69) is 22.4 Å². The Kier molecular flexibility index (Phi) is 4.92. The highest BCUT2D eigenvalue weighted by Crippen LogP contribution is 2.31. The van der Waals surface area contributed by atoms with E-state index in [0.717, 1.165) is 38.0 Å². The summed E-state index contributed by atoms with van der Waals surface area (Å²) in [6.07, 6.45) is 4.61. The topological polar surface area (TPSA) is 48.7 Å². The van der Waals surface area contributed by atoms with Gasteiger partial charge in [-0.05, 0) is 50.9 Å². The summed E-state index contributed by atoms with van der Waals surface area (Å²) in [6, 6.07) is 6.61. The van der Waals surface area contributed by atoms with Crippen LogP contribution in [0.25, 0.3) is 0 Å². The quantitative estimate of drug-likeness (QED) is 0.877. The van der Waals surface area contributed by atoms with Crippen LogP contribution in [0.4, 0.5) is 0 Å². The fourth-order valence-electron chi connectivity index (χ4n) is 2.23. The second-order valence-electron chi connectivity index (χ2n) is 4.63. The van der Waals surface area contributed by atoms with Crippen LogP contribution in [0, 0.1) is 23.7 Å². The summed E-state index contributed by atoms with van der Waals surface area (Å²) in [7, 11) is 0. The molecule has 92 valence electrons. The predicted octanol–water partition coefficient (Wildman–Crippen LogP) is 2.25. The van der Waals surface area contributed by atoms with E-state index in [1.807, 2.05) is 19.2 Å². The number of piperidine rings is 1. The minimum absolute atomic E-state index is 0. The van der Waals surface area contributed by atoms with Crippen LogP contribution in [0.1, 0.15) is 24.1 Å². The third kappa shape index (κ3) is 3.42. The summed E-state index contributed by atoms with van der Waals surface area (Å²) < 4.78 is 0. The van der Waals surface area contributed by atoms with Crippen LogP contribution in [0.15, 0.2) is 18.3 Å². The van der Waals surface area contributed by atoms with Crippen LogP contribution >= 0.6 is 12.4 Å². The van der Waals surface area contributed by atoms with Gasteiger partial charge in [-0.25, -0.2) is 0 Å². The molecule has 1 aliphatic rings. The van der Waals surface area contributed by atoms with E-state index < -0.39 is 0 Å². The van der Waals surface area contributed by atoms with Crippen molar-refractivity contribution in [2.45, 2.75) is 26.2 Å². The van der Waals surface area contributed by atoms with Crippen LogP contribution in [-0.2, 0) is 6.42 Å². The van der Waals surface area contributed by atoms with Gasteiger partial charge in [-0.1, -0.05) is 6.07 Å². The molecule has 0 amide bonds. The molecular weight excluding hydrogens is 234 g/mol. The molecule has 0 spiro atoms. The van der Waals surface area contributed by atoms with Crippen molar-refractivity contribution in [2.24, 2.45) is 5.41 Å². The van der Waals surface area contributed by atoms with Crippen molar-refractivity contribution in [3.05, 3.63) is 29.6 Å². The van der Waals surface area contributed by atoms with Crippen LogP contribution in [-0.4, -0.2) is 18.1 Å². The number of pyridine rings is 1. The van der Waals surface area contributed by atoms with Gasteiger partial charge < -0.3 is 5.32 Å². The Hall–Kier alpha value is -1.11. The molecule has 2 heterocycles. The Morgan fingerprint density at radius 2 is 2.12 bits per heavy atom. The van der Waals surface area contributed by atoms with E-state index in [0.29, 0.717) is 0 Å². The Morgan fingerprint density at radius 3 is 2.65 bits per heavy atom. The fraction of sp³-hybridized carbons (Fsp3) is 0.538. The fourth-order valence-corrected chi connectivity index (χ4v) is 2.23. The van der Waals surface area contributed by atoms with Crippen LogP contribution in [0.2, 0.25) is 0 Å². The number of hydrogen-bond acceptors (Lipinski definition) is 3. The highest BCUT2D eigenvalue weighted by atomic mass is 35.5. The Bertz CT molecular complexity index is 388. The highest BCUT2D eigenvalue weighted by Gasteiger charge is 2.32. The molecule has 1 aliphatic heterocycles. The normalized spacial score (nSPS) is 17.9. The summed E-state index contributed by atoms with van der Waals surface area (Å²) >= 11 is 0. The third-order valence-electron chi connectivity index (χ3n) is 3.31. The van der Waals surface area contributed by atoms with Gasteiger partial charge in [-0.15, -0.1) is 12.4 Å². The molecule has 1 aromatic heterocycles. The first-order valence-electron chi connectivity index (χ1n) is 5.78. The molecule has 0 unspecified atom stereocenters. The van der Waals surface area contributed by atoms with Gasteiger partial charge in [-0.2, -0.15) is 5.26 Å². The molecule has 4 heteroatoms. The molecule has 17 heavy (non-hydrogen) atoms. The first-order chi connectivity index (χ1) is 7.74. The van der Waals surface area contributed by atoms with Gasteiger partial charge >= 0.3 is 0 Å². The lowest BCUT2D eigenvalue weighted by molar-refractivity contribution is 0.280. The van der Waals surface area contributed by atoms with Gasteiger partial charge in [0.2, 0.25) is 0 Å². The summed E-state index contributed by atoms with van der Waals surface area (Å²) in [4.78, 5) is 4.28. The maximum Gasteiger partial charge on any atom is 0.0694 e. The van der Waals surface area contributed by atoms with E-state index >= 15 is 0 Å². The van der Waals surface area contributed by atoms with E-state index in [1.54, 1.807) is 0 Å². The first kappa shape index (κ1) is 14.0. The van der Waals surface area contributed by atoms with Crippen molar-refractivity contribution < 1.29 is 0 Å². The van der Waals surface area contributed by atoms with Gasteiger partial charge in [0.05, 0.1) is 11.5 Å². The van der Waals surface area contributed by atoms with Crippen molar-refractivity contribution >= 4 is 12.4 Å². The molecule has 2 rings (SSSR count). The molecule has 0 saturated carbocycles. The maximum atomic E-state index is 9.36. The number of nitrogens with one attached hydrogen (secondary N) is 1. The maximum absolute atomic E-state index is 9.36. The van der Waals surface area contributed by atoms with Gasteiger partial charge in [0.1, 0.15) is 0 Å². The number of hydrogen-bond donors (Lipinski definition) is 1. The highest BCUT2D eigenvalue weighted by molar-refractivity contribution is 5.85. The SMILES string of the molecule is Cc1ccc(CC2(C#N)CCNCC2)cn1.Cl. The number of aromatic nitrogens is 1. The summed E-state index contributed by atoms with van der Waals surface area (Å²) in [5.74, 6) is 0. The molecule has 0 radical (unpaired) electrons. The number of aryl methyl sites for hydroxylation is 1. The number of halogens is 1. The van der Waals surface area contributed by atoms with Crippen molar-refractivity contribution in [3.8, 4) is 6.07 Å². The van der Waals surface area contributed by atoms with Crippen LogP contribution in [0.3, 0.4) is 0 Å². The summed E-state index contributed by atoms with van der Waals surface area (Å²) in [5, 5.41) is 12.7. The Morgan fingerprint density at radius 1 is 1.41 bits per heavy atom. The zero-order valence-electron chi connectivity index (χ0n) is 10.1. The van der Waals surface area contributed by atoms with Crippen molar-refractivity contribution in [2.75, 3.05) is 13.1 Å². The summed E-state index contributed by atoms with van der Waals surface area (Å²) in [6.45, 7) is 3.88. The van der Waals surface area contributed by atoms with E-state index in [4.69, 9.17) is 0 Å². The average Bonchev–Trinajstić information content (AvgIpc) is 2.33. The van der Waals surface area contributed by atoms with Crippen molar-refractivity contribution in [1.29, 1.82) is 5.26 Å². The minimum Gasteiger partial charge on any atom is -0.317 e. The minimum atomic E-state index is -0.178. The average molecular weight is 252 g/mol. The number of nitrogens with zero attached hydrogens (tertiary/aromatic N) is 2. The predicted molar refractivity (Wildman–Crippen MR) is 70.1 cm³/mol. The number of rotatable bonds is 2. The van der Waals surface area contributed by atoms with E-state index in [9.17, 15) is 5.26 Å². The van der Waals surface area contributed by atoms with Crippen molar-refractivity contribution in [3.63, 3.8) is 0 Å². The van der Waals surface area contributed by atoms with Gasteiger partial charge in [-0.3, -0.25) is 4.98 Å². The molecule has 0 aliphatic carbocycles. The zero-order valence-corrected chi connectivity index (χ0v) is 10.9. The Balaban J connectivity index is 0.00000144. The monoisotopic (exact) mass is 251 g/mol. The Labute approximate surface area is 109 Å². The van der Waals surface area contributed by atoms with Crippen LogP contribution in [0.5, 0.6) is 0 Å². The lowest BCUT2D eigenvalue weighted by atomic mass is 9.76. The molecule has 1 N–H and O–H groups in total. The van der Waals surface area contributed by atoms with E-state index in [-0.39, 0.29) is 17.8 Å². The first-order valence-corrected chi connectivity index (χ1v) is 5.78. The molecule has 0 bridgehead atoms.